The van der Waals surface area contributed by atoms with Gasteiger partial charge in [0.1, 0.15) is 5.56 Å². The van der Waals surface area contributed by atoms with Crippen molar-refractivity contribution in [1.82, 2.24) is 9.97 Å². The molecule has 27 heavy (non-hydrogen) atoms. The Morgan fingerprint density at radius 3 is 2.26 bits per heavy atom. The summed E-state index contributed by atoms with van der Waals surface area (Å²) in [5, 5.41) is 2.93. The normalized spacial score (nSPS) is 12.1. The average molecular weight is 381 g/mol. The molecular formula is C20H26F3N3O. The fourth-order valence-electron chi connectivity index (χ4n) is 2.43. The summed E-state index contributed by atoms with van der Waals surface area (Å²) >= 11 is 0. The van der Waals surface area contributed by atoms with E-state index in [1.54, 1.807) is 0 Å². The van der Waals surface area contributed by atoms with Crippen LogP contribution in [0.15, 0.2) is 30.5 Å². The van der Waals surface area contributed by atoms with Crippen LogP contribution >= 0.6 is 0 Å². The van der Waals surface area contributed by atoms with Crippen molar-refractivity contribution in [3.05, 3.63) is 41.6 Å². The van der Waals surface area contributed by atoms with Crippen molar-refractivity contribution in [2.75, 3.05) is 11.9 Å². The van der Waals surface area contributed by atoms with Crippen molar-refractivity contribution in [2.24, 2.45) is 0 Å². The van der Waals surface area contributed by atoms with Gasteiger partial charge in [-0.1, -0.05) is 52.7 Å². The van der Waals surface area contributed by atoms with E-state index in [0.717, 1.165) is 24.6 Å². The number of nitrogens with one attached hydrogen (secondary N) is 1. The first kappa shape index (κ1) is 21.0. The molecular weight excluding hydrogens is 355 g/mol. The SMILES string of the molecule is CCCCCOc1nc(Nc2ccc(C(C)(C)C)cc2)ncc1C(F)(F)F. The minimum Gasteiger partial charge on any atom is -0.477 e. The second-order valence-electron chi connectivity index (χ2n) is 7.42. The van der Waals surface area contributed by atoms with Gasteiger partial charge in [0.05, 0.1) is 6.61 Å². The van der Waals surface area contributed by atoms with Crippen molar-refractivity contribution in [3.63, 3.8) is 0 Å². The van der Waals surface area contributed by atoms with E-state index in [1.807, 2.05) is 31.2 Å². The Kier molecular flexibility index (Phi) is 6.68. The maximum atomic E-state index is 13.2. The van der Waals surface area contributed by atoms with Gasteiger partial charge in [0.25, 0.3) is 0 Å². The van der Waals surface area contributed by atoms with Crippen LogP contribution in [-0.2, 0) is 11.6 Å². The number of aromatic nitrogens is 2. The molecule has 0 spiro atoms. The van der Waals surface area contributed by atoms with E-state index in [-0.39, 0.29) is 18.0 Å². The number of halogens is 3. The van der Waals surface area contributed by atoms with E-state index in [2.05, 4.69) is 36.1 Å². The maximum absolute atomic E-state index is 13.2. The summed E-state index contributed by atoms with van der Waals surface area (Å²) in [4.78, 5) is 7.73. The molecule has 1 heterocycles. The highest BCUT2D eigenvalue weighted by Gasteiger charge is 2.36. The Morgan fingerprint density at radius 2 is 1.70 bits per heavy atom. The summed E-state index contributed by atoms with van der Waals surface area (Å²) in [7, 11) is 0. The zero-order valence-corrected chi connectivity index (χ0v) is 16.2. The summed E-state index contributed by atoms with van der Waals surface area (Å²) in [6.07, 6.45) is -1.29. The Balaban J connectivity index is 2.19. The molecule has 4 nitrogen and oxygen atoms in total. The third-order valence-corrected chi connectivity index (χ3v) is 4.05. The molecule has 0 radical (unpaired) electrons. The second kappa shape index (κ2) is 8.59. The fraction of sp³-hybridized carbons (Fsp3) is 0.500. The van der Waals surface area contributed by atoms with Crippen LogP contribution in [0, 0.1) is 0 Å². The number of hydrogen-bond donors (Lipinski definition) is 1. The lowest BCUT2D eigenvalue weighted by molar-refractivity contribution is -0.139. The predicted octanol–water partition coefficient (Wildman–Crippen LogP) is 6.11. The highest BCUT2D eigenvalue weighted by atomic mass is 19.4. The number of alkyl halides is 3. The molecule has 0 aliphatic carbocycles. The summed E-state index contributed by atoms with van der Waals surface area (Å²) in [6, 6.07) is 7.63. The second-order valence-corrected chi connectivity index (χ2v) is 7.42. The largest absolute Gasteiger partial charge is 0.477 e. The molecule has 0 unspecified atom stereocenters. The van der Waals surface area contributed by atoms with Gasteiger partial charge >= 0.3 is 6.18 Å². The number of anilines is 2. The Labute approximate surface area is 158 Å². The van der Waals surface area contributed by atoms with Gasteiger partial charge in [0, 0.05) is 11.9 Å². The van der Waals surface area contributed by atoms with E-state index in [4.69, 9.17) is 4.74 Å². The topological polar surface area (TPSA) is 47.0 Å². The van der Waals surface area contributed by atoms with Gasteiger partial charge in [-0.05, 0) is 29.5 Å². The number of hydrogen-bond acceptors (Lipinski definition) is 4. The molecule has 0 saturated carbocycles. The van der Waals surface area contributed by atoms with E-state index in [0.29, 0.717) is 12.1 Å². The van der Waals surface area contributed by atoms with Gasteiger partial charge in [0.2, 0.25) is 11.8 Å². The number of unbranched alkanes of at least 4 members (excludes halogenated alkanes) is 2. The summed E-state index contributed by atoms with van der Waals surface area (Å²) in [5.41, 5.74) is 0.900. The molecule has 0 aliphatic rings. The molecule has 1 aromatic carbocycles. The number of benzene rings is 1. The van der Waals surface area contributed by atoms with E-state index in [9.17, 15) is 13.2 Å². The number of nitrogens with zero attached hydrogens (tertiary/aromatic N) is 2. The quantitative estimate of drug-likeness (QED) is 0.588. The van der Waals surface area contributed by atoms with Gasteiger partial charge < -0.3 is 10.1 Å². The number of rotatable bonds is 7. The van der Waals surface area contributed by atoms with Crippen LogP contribution in [0.1, 0.15) is 58.1 Å². The monoisotopic (exact) mass is 381 g/mol. The Hall–Kier alpha value is -2.31. The highest BCUT2D eigenvalue weighted by molar-refractivity contribution is 5.54. The van der Waals surface area contributed by atoms with Crippen LogP contribution in [-0.4, -0.2) is 16.6 Å². The van der Waals surface area contributed by atoms with Crippen molar-refractivity contribution in [3.8, 4) is 5.88 Å². The summed E-state index contributed by atoms with van der Waals surface area (Å²) < 4.78 is 44.8. The van der Waals surface area contributed by atoms with Gasteiger partial charge in [-0.2, -0.15) is 18.2 Å². The molecule has 2 rings (SSSR count). The van der Waals surface area contributed by atoms with Gasteiger partial charge in [0.15, 0.2) is 0 Å². The molecule has 0 amide bonds. The molecule has 1 N–H and O–H groups in total. The lowest BCUT2D eigenvalue weighted by Gasteiger charge is -2.19. The Bertz CT molecular complexity index is 738. The van der Waals surface area contributed by atoms with Crippen molar-refractivity contribution in [2.45, 2.75) is 58.5 Å². The lowest BCUT2D eigenvalue weighted by Crippen LogP contribution is -2.13. The van der Waals surface area contributed by atoms with Crippen LogP contribution < -0.4 is 10.1 Å². The molecule has 0 aliphatic heterocycles. The summed E-state index contributed by atoms with van der Waals surface area (Å²) in [5.74, 6) is -0.376. The molecule has 2 aromatic rings. The average Bonchev–Trinajstić information content (AvgIpc) is 2.57. The predicted molar refractivity (Wildman–Crippen MR) is 100 cm³/mol. The molecule has 0 fully saturated rings. The Morgan fingerprint density at radius 1 is 1.04 bits per heavy atom. The van der Waals surface area contributed by atoms with Gasteiger partial charge in [-0.3, -0.25) is 0 Å². The van der Waals surface area contributed by atoms with Crippen molar-refractivity contribution >= 4 is 11.6 Å². The van der Waals surface area contributed by atoms with E-state index >= 15 is 0 Å². The van der Waals surface area contributed by atoms with Crippen molar-refractivity contribution in [1.29, 1.82) is 0 Å². The highest BCUT2D eigenvalue weighted by Crippen LogP contribution is 2.35. The third kappa shape index (κ3) is 6.12. The summed E-state index contributed by atoms with van der Waals surface area (Å²) in [6.45, 7) is 8.52. The first-order valence-corrected chi connectivity index (χ1v) is 9.06. The van der Waals surface area contributed by atoms with E-state index in [1.165, 1.54) is 0 Å². The zero-order chi connectivity index (χ0) is 20.1. The van der Waals surface area contributed by atoms with Crippen molar-refractivity contribution < 1.29 is 17.9 Å². The van der Waals surface area contributed by atoms with Gasteiger partial charge in [-0.15, -0.1) is 0 Å². The standard InChI is InChI=1S/C20H26F3N3O/c1-5-6-7-12-27-17-16(20(21,22)23)13-24-18(26-17)25-15-10-8-14(9-11-15)19(2,3)4/h8-11,13H,5-7,12H2,1-4H3,(H,24,25,26). The zero-order valence-electron chi connectivity index (χ0n) is 16.2. The fourth-order valence-corrected chi connectivity index (χ4v) is 2.43. The molecule has 7 heteroatoms. The van der Waals surface area contributed by atoms with Crippen LogP contribution in [0.5, 0.6) is 5.88 Å². The van der Waals surface area contributed by atoms with Crippen LogP contribution in [0.3, 0.4) is 0 Å². The first-order valence-electron chi connectivity index (χ1n) is 9.06. The molecule has 148 valence electrons. The smallest absolute Gasteiger partial charge is 0.423 e. The van der Waals surface area contributed by atoms with Gasteiger partial charge in [-0.25, -0.2) is 4.98 Å². The number of ether oxygens (including phenoxy) is 1. The third-order valence-electron chi connectivity index (χ3n) is 4.05. The van der Waals surface area contributed by atoms with Crippen LogP contribution in [0.4, 0.5) is 24.8 Å². The molecule has 0 saturated heterocycles. The first-order chi connectivity index (χ1) is 12.6. The van der Waals surface area contributed by atoms with E-state index < -0.39 is 17.6 Å². The van der Waals surface area contributed by atoms with Crippen LogP contribution in [0.2, 0.25) is 0 Å². The molecule has 1 aromatic heterocycles. The lowest BCUT2D eigenvalue weighted by atomic mass is 9.87. The van der Waals surface area contributed by atoms with Crippen LogP contribution in [0.25, 0.3) is 0 Å². The minimum absolute atomic E-state index is 0.0168. The maximum Gasteiger partial charge on any atom is 0.423 e. The molecule has 0 bridgehead atoms. The minimum atomic E-state index is -4.56. The molecule has 0 atom stereocenters.